The van der Waals surface area contributed by atoms with Gasteiger partial charge in [0.2, 0.25) is 0 Å². The predicted octanol–water partition coefficient (Wildman–Crippen LogP) is 5.62. The van der Waals surface area contributed by atoms with E-state index in [1.54, 1.807) is 36.4 Å². The van der Waals surface area contributed by atoms with Crippen molar-refractivity contribution in [2.75, 3.05) is 43.9 Å². The molecule has 3 N–H and O–H groups in total. The maximum absolute atomic E-state index is 13.7. The average Bonchev–Trinajstić information content (AvgIpc) is 3.36. The van der Waals surface area contributed by atoms with Gasteiger partial charge in [0.25, 0.3) is 5.91 Å². The van der Waals surface area contributed by atoms with E-state index >= 15 is 0 Å². The van der Waals surface area contributed by atoms with Gasteiger partial charge in [-0.25, -0.2) is 0 Å². The fraction of sp³-hybridized carbons (Fsp3) is 0.500. The van der Waals surface area contributed by atoms with Crippen molar-refractivity contribution in [3.8, 4) is 17.6 Å². The molecule has 1 aromatic heterocycles. The number of carbonyl (C=O) groups excluding carboxylic acids is 1. The number of anilines is 2. The van der Waals surface area contributed by atoms with Gasteiger partial charge in [0.15, 0.2) is 0 Å². The van der Waals surface area contributed by atoms with Gasteiger partial charge in [-0.3, -0.25) is 9.69 Å². The number of halogens is 3. The molecule has 0 radical (unpaired) electrons. The van der Waals surface area contributed by atoms with E-state index in [0.717, 1.165) is 49.8 Å². The van der Waals surface area contributed by atoms with E-state index in [4.69, 9.17) is 9.47 Å². The summed E-state index contributed by atoms with van der Waals surface area (Å²) < 4.78 is 53.6. The number of piperidine rings is 1. The number of rotatable bonds is 9. The molecule has 1 aliphatic carbocycles. The highest BCUT2D eigenvalue weighted by Gasteiger charge is 2.41. The Kier molecular flexibility index (Phi) is 9.15. The summed E-state index contributed by atoms with van der Waals surface area (Å²) in [7, 11) is 1.51. The Morgan fingerprint density at radius 1 is 1.07 bits per heavy atom. The molecular weight excluding hydrogens is 583 g/mol. The number of nitrogens with one attached hydrogen (secondary N) is 3. The van der Waals surface area contributed by atoms with Crippen molar-refractivity contribution < 1.29 is 27.4 Å². The molecule has 3 saturated heterocycles. The second-order valence-corrected chi connectivity index (χ2v) is 12.1. The molecule has 0 spiro atoms. The summed E-state index contributed by atoms with van der Waals surface area (Å²) >= 11 is 0. The van der Waals surface area contributed by atoms with Crippen LogP contribution in [0, 0.1) is 11.8 Å². The molecule has 1 saturated carbocycles. The Labute approximate surface area is 261 Å². The zero-order valence-corrected chi connectivity index (χ0v) is 25.7. The summed E-state index contributed by atoms with van der Waals surface area (Å²) in [5, 5.41) is 10.3. The smallest absolute Gasteiger partial charge is 0.406 e. The van der Waals surface area contributed by atoms with Crippen LogP contribution in [-0.4, -0.2) is 79.1 Å². The highest BCUT2D eigenvalue weighted by Crippen LogP contribution is 2.35. The van der Waals surface area contributed by atoms with Gasteiger partial charge in [0.05, 0.1) is 42.8 Å². The van der Waals surface area contributed by atoms with E-state index in [1.165, 1.54) is 18.1 Å². The maximum atomic E-state index is 13.7. The van der Waals surface area contributed by atoms with Crippen LogP contribution in [0.1, 0.15) is 55.1 Å². The number of hydrogen-bond donors (Lipinski definition) is 3. The summed E-state index contributed by atoms with van der Waals surface area (Å²) in [4.78, 5) is 14.8. The number of amides is 1. The number of ether oxygens (including phenoxy) is 2. The molecule has 1 unspecified atom stereocenters. The standard InChI is InChI=1S/C34H40F3N5O3/c1-3-38-33(43)22-9-14-30(32(16-22)44-2)39-15-5-6-25-17-28-29(7-4-8-31(28)42(25)21-34(35,36)37)40-23-10-12-24(13-11-23)41-19-26-18-27(20-41)45-26/h4,7-9,14,16-17,23-24,26-27,39-40H,3,10-13,15,18-21H2,1-2H3,(H,38,43)/t23?,24?,26-,27?/m1/s1. The number of benzene rings is 2. The van der Waals surface area contributed by atoms with Gasteiger partial charge in [-0.2, -0.15) is 13.2 Å². The molecular formula is C34H40F3N5O3. The lowest BCUT2D eigenvalue weighted by Gasteiger charge is -2.50. The highest BCUT2D eigenvalue weighted by atomic mass is 19.4. The summed E-state index contributed by atoms with van der Waals surface area (Å²) in [6, 6.07) is 13.1. The SMILES string of the molecule is CCNC(=O)c1ccc(NCC#Cc2cc3c(NC4CCC(N5CC6C[C@H](C5)O6)CC4)cccc3n2CC(F)(F)F)c(OC)c1. The van der Waals surface area contributed by atoms with Crippen LogP contribution in [-0.2, 0) is 11.3 Å². The number of alkyl halides is 3. The lowest BCUT2D eigenvalue weighted by atomic mass is 9.87. The van der Waals surface area contributed by atoms with Crippen molar-refractivity contribution in [2.24, 2.45) is 0 Å². The number of morpholine rings is 1. The molecule has 7 rings (SSSR count). The highest BCUT2D eigenvalue weighted by molar-refractivity contribution is 5.95. The van der Waals surface area contributed by atoms with Crippen LogP contribution in [0.15, 0.2) is 42.5 Å². The first-order valence-electron chi connectivity index (χ1n) is 15.7. The first-order valence-corrected chi connectivity index (χ1v) is 15.7. The molecule has 240 valence electrons. The monoisotopic (exact) mass is 623 g/mol. The van der Waals surface area contributed by atoms with Crippen molar-refractivity contribution in [1.29, 1.82) is 0 Å². The van der Waals surface area contributed by atoms with Crippen LogP contribution >= 0.6 is 0 Å². The topological polar surface area (TPSA) is 79.8 Å². The zero-order chi connectivity index (χ0) is 31.6. The van der Waals surface area contributed by atoms with E-state index in [0.29, 0.717) is 53.0 Å². The van der Waals surface area contributed by atoms with Gasteiger partial charge in [0, 0.05) is 54.8 Å². The van der Waals surface area contributed by atoms with E-state index in [9.17, 15) is 18.0 Å². The average molecular weight is 624 g/mol. The predicted molar refractivity (Wildman–Crippen MR) is 169 cm³/mol. The second kappa shape index (κ2) is 13.2. The summed E-state index contributed by atoms with van der Waals surface area (Å²) in [5.41, 5.74) is 2.72. The fourth-order valence-corrected chi connectivity index (χ4v) is 6.87. The third-order valence-corrected chi connectivity index (χ3v) is 9.03. The normalized spacial score (nSPS) is 23.0. The lowest BCUT2D eigenvalue weighted by Crippen LogP contribution is -2.60. The van der Waals surface area contributed by atoms with Crippen LogP contribution < -0.4 is 20.7 Å². The minimum atomic E-state index is -4.40. The van der Waals surface area contributed by atoms with Gasteiger partial charge in [-0.05, 0) is 74.9 Å². The number of fused-ring (bicyclic) bond motifs is 3. The number of nitrogens with zero attached hydrogens (tertiary/aromatic N) is 2. The van der Waals surface area contributed by atoms with Crippen molar-refractivity contribution in [3.63, 3.8) is 0 Å². The Morgan fingerprint density at radius 2 is 1.82 bits per heavy atom. The maximum Gasteiger partial charge on any atom is 0.406 e. The van der Waals surface area contributed by atoms with Crippen LogP contribution in [0.25, 0.3) is 10.9 Å². The third-order valence-electron chi connectivity index (χ3n) is 9.03. The molecule has 4 aliphatic rings. The molecule has 11 heteroatoms. The molecule has 3 aliphatic heterocycles. The zero-order valence-electron chi connectivity index (χ0n) is 25.7. The molecule has 4 fully saturated rings. The number of carbonyl (C=O) groups is 1. The van der Waals surface area contributed by atoms with E-state index < -0.39 is 12.7 Å². The van der Waals surface area contributed by atoms with E-state index in [-0.39, 0.29) is 18.5 Å². The summed E-state index contributed by atoms with van der Waals surface area (Å²) in [6.07, 6.45) is 1.84. The van der Waals surface area contributed by atoms with E-state index in [1.807, 2.05) is 13.0 Å². The number of aromatic nitrogens is 1. The van der Waals surface area contributed by atoms with Crippen molar-refractivity contribution in [2.45, 2.75) is 76.0 Å². The molecule has 2 bridgehead atoms. The van der Waals surface area contributed by atoms with Gasteiger partial charge in [0.1, 0.15) is 12.3 Å². The first-order chi connectivity index (χ1) is 21.7. The summed E-state index contributed by atoms with van der Waals surface area (Å²) in [5.74, 6) is 6.20. The Hall–Kier alpha value is -3.88. The van der Waals surface area contributed by atoms with Gasteiger partial charge in [-0.1, -0.05) is 12.0 Å². The minimum absolute atomic E-state index is 0.170. The third kappa shape index (κ3) is 7.18. The van der Waals surface area contributed by atoms with Crippen LogP contribution in [0.2, 0.25) is 0 Å². The largest absolute Gasteiger partial charge is 0.495 e. The molecule has 2 aromatic carbocycles. The Bertz CT molecular complexity index is 1570. The van der Waals surface area contributed by atoms with E-state index in [2.05, 4.69) is 32.7 Å². The molecule has 3 aromatic rings. The van der Waals surface area contributed by atoms with Crippen LogP contribution in [0.4, 0.5) is 24.5 Å². The van der Waals surface area contributed by atoms with Gasteiger partial charge < -0.3 is 30.0 Å². The molecule has 4 heterocycles. The fourth-order valence-electron chi connectivity index (χ4n) is 6.87. The summed E-state index contributed by atoms with van der Waals surface area (Å²) in [6.45, 7) is 3.46. The number of methoxy groups -OCH3 is 1. The molecule has 45 heavy (non-hydrogen) atoms. The minimum Gasteiger partial charge on any atom is -0.495 e. The lowest BCUT2D eigenvalue weighted by molar-refractivity contribution is -0.189. The Morgan fingerprint density at radius 3 is 2.51 bits per heavy atom. The Balaban J connectivity index is 1.15. The quantitative estimate of drug-likeness (QED) is 0.269. The number of hydrogen-bond acceptors (Lipinski definition) is 6. The molecule has 1 amide bonds. The van der Waals surface area contributed by atoms with Crippen molar-refractivity contribution in [3.05, 3.63) is 53.7 Å². The first kappa shape index (κ1) is 31.1. The second-order valence-electron chi connectivity index (χ2n) is 12.1. The van der Waals surface area contributed by atoms with Crippen molar-refractivity contribution >= 4 is 28.2 Å². The van der Waals surface area contributed by atoms with Crippen LogP contribution in [0.5, 0.6) is 5.75 Å². The van der Waals surface area contributed by atoms with Gasteiger partial charge in [-0.15, -0.1) is 0 Å². The van der Waals surface area contributed by atoms with Crippen LogP contribution in [0.3, 0.4) is 0 Å². The molecule has 2 atom stereocenters. The molecule has 8 nitrogen and oxygen atoms in total. The van der Waals surface area contributed by atoms with Gasteiger partial charge >= 0.3 is 6.18 Å². The van der Waals surface area contributed by atoms with Crippen molar-refractivity contribution in [1.82, 2.24) is 14.8 Å².